The van der Waals surface area contributed by atoms with Crippen LogP contribution in [0.4, 0.5) is 0 Å². The molecule has 1 atom stereocenters. The summed E-state index contributed by atoms with van der Waals surface area (Å²) in [5.41, 5.74) is 5.14. The second kappa shape index (κ2) is 12.5. The zero-order valence-electron chi connectivity index (χ0n) is 15.6. The Balaban J connectivity index is 0.000000763. The fourth-order valence-electron chi connectivity index (χ4n) is 3.31. The minimum absolute atomic E-state index is 0.119. The van der Waals surface area contributed by atoms with E-state index in [1.54, 1.807) is 0 Å². The fourth-order valence-corrected chi connectivity index (χ4v) is 7.78. The molecule has 2 N–H and O–H groups in total. The lowest BCUT2D eigenvalue weighted by molar-refractivity contribution is -0.0426. The van der Waals surface area contributed by atoms with E-state index < -0.39 is 8.56 Å². The Kier molecular flexibility index (Phi) is 12.5. The maximum absolute atomic E-state index is 6.16. The van der Waals surface area contributed by atoms with Crippen LogP contribution in [-0.2, 0) is 13.6 Å². The van der Waals surface area contributed by atoms with Gasteiger partial charge in [0.25, 0.3) is 0 Å². The van der Waals surface area contributed by atoms with Crippen molar-refractivity contribution in [3.63, 3.8) is 0 Å². The molecule has 134 valence electrons. The Labute approximate surface area is 139 Å². The fraction of sp³-hybridized carbons (Fsp3) is 1.00. The molecular formula is C17H39NO3Si. The summed E-state index contributed by atoms with van der Waals surface area (Å²) in [5, 5.41) is -0.119. The molecule has 4 nitrogen and oxygen atoms in total. The van der Waals surface area contributed by atoms with Gasteiger partial charge in [-0.1, -0.05) is 33.1 Å². The highest BCUT2D eigenvalue weighted by molar-refractivity contribution is 6.70. The van der Waals surface area contributed by atoms with Gasteiger partial charge in [-0.2, -0.15) is 0 Å². The van der Waals surface area contributed by atoms with Crippen molar-refractivity contribution in [2.45, 2.75) is 84.4 Å². The summed E-state index contributed by atoms with van der Waals surface area (Å²) in [6, 6.07) is 1.09. The van der Waals surface area contributed by atoms with Gasteiger partial charge in [-0.25, -0.2) is 0 Å². The molecule has 0 aromatic heterocycles. The molecule has 22 heavy (non-hydrogen) atoms. The van der Waals surface area contributed by atoms with Gasteiger partial charge in [-0.05, 0) is 52.6 Å². The minimum Gasteiger partial charge on any atom is -0.393 e. The number of hydrogen-bond donors (Lipinski definition) is 1. The van der Waals surface area contributed by atoms with Crippen molar-refractivity contribution in [3.8, 4) is 0 Å². The quantitative estimate of drug-likeness (QED) is 0.644. The third-order valence-corrected chi connectivity index (χ3v) is 8.99. The van der Waals surface area contributed by atoms with E-state index in [2.05, 4.69) is 34.6 Å². The molecule has 1 saturated heterocycles. The van der Waals surface area contributed by atoms with Crippen molar-refractivity contribution in [2.75, 3.05) is 26.4 Å². The van der Waals surface area contributed by atoms with Crippen molar-refractivity contribution in [1.29, 1.82) is 0 Å². The first-order chi connectivity index (χ1) is 10.6. The van der Waals surface area contributed by atoms with Crippen molar-refractivity contribution >= 4 is 8.56 Å². The van der Waals surface area contributed by atoms with Crippen LogP contribution < -0.4 is 5.73 Å². The van der Waals surface area contributed by atoms with Gasteiger partial charge in [-0.3, -0.25) is 0 Å². The van der Waals surface area contributed by atoms with Crippen molar-refractivity contribution < 1.29 is 13.6 Å². The molecule has 1 aliphatic heterocycles. The summed E-state index contributed by atoms with van der Waals surface area (Å²) in [6.07, 6.45) is 6.96. The van der Waals surface area contributed by atoms with E-state index >= 15 is 0 Å². The molecule has 0 saturated carbocycles. The zero-order valence-corrected chi connectivity index (χ0v) is 16.6. The highest BCUT2D eigenvalue weighted by Crippen LogP contribution is 2.42. The van der Waals surface area contributed by atoms with Crippen LogP contribution in [0.1, 0.15) is 73.1 Å². The van der Waals surface area contributed by atoms with Crippen molar-refractivity contribution in [2.24, 2.45) is 5.73 Å². The summed E-state index contributed by atoms with van der Waals surface area (Å²) >= 11 is 0. The summed E-state index contributed by atoms with van der Waals surface area (Å²) in [6.45, 7) is 13.6. The van der Waals surface area contributed by atoms with Crippen molar-refractivity contribution in [1.82, 2.24) is 0 Å². The molecule has 0 aromatic carbocycles. The van der Waals surface area contributed by atoms with E-state index in [1.165, 1.54) is 25.7 Å². The second-order valence-electron chi connectivity index (χ2n) is 5.75. The number of nitrogens with two attached hydrogens (primary N) is 1. The van der Waals surface area contributed by atoms with E-state index in [1.807, 2.05) is 0 Å². The lowest BCUT2D eigenvalue weighted by Gasteiger charge is -2.49. The summed E-state index contributed by atoms with van der Waals surface area (Å²) in [5.74, 6) is 0. The molecule has 0 aromatic rings. The molecule has 0 spiro atoms. The Bertz CT molecular complexity index is 249. The average molecular weight is 334 g/mol. The number of ether oxygens (including phenoxy) is 1. The standard InChI is InChI=1S/C13H28O3Si.C4H11N/c1-5-13(14-6-2)11-9-10-12-17(13,15-7-3)16-8-4;1-2-3-4-5/h5-12H2,1-4H3;2-5H2,1H3. The minimum atomic E-state index is -2.21. The molecule has 1 fully saturated rings. The van der Waals surface area contributed by atoms with E-state index in [0.717, 1.165) is 45.3 Å². The molecular weight excluding hydrogens is 294 g/mol. The summed E-state index contributed by atoms with van der Waals surface area (Å²) in [4.78, 5) is 0. The zero-order chi connectivity index (χ0) is 16.9. The highest BCUT2D eigenvalue weighted by Gasteiger charge is 2.58. The van der Waals surface area contributed by atoms with Crippen LogP contribution in [0.3, 0.4) is 0 Å². The Morgan fingerprint density at radius 2 is 1.59 bits per heavy atom. The van der Waals surface area contributed by atoms with Crippen LogP contribution in [0.15, 0.2) is 0 Å². The molecule has 0 aliphatic carbocycles. The largest absolute Gasteiger partial charge is 0.393 e. The maximum atomic E-state index is 6.16. The first-order valence-electron chi connectivity index (χ1n) is 9.23. The number of unbranched alkanes of at least 4 members (excludes halogenated alkanes) is 1. The molecule has 1 heterocycles. The SMILES string of the molecule is CCCCN.CCOC1(CC)CCCC[Si]1(OCC)OCC. The van der Waals surface area contributed by atoms with Gasteiger partial charge in [0, 0.05) is 19.8 Å². The molecule has 0 amide bonds. The normalized spacial score (nSPS) is 23.7. The smallest absolute Gasteiger partial charge is 0.371 e. The third kappa shape index (κ3) is 5.93. The van der Waals surface area contributed by atoms with Gasteiger partial charge in [0.05, 0.1) is 0 Å². The Morgan fingerprint density at radius 3 is 1.95 bits per heavy atom. The first-order valence-corrected chi connectivity index (χ1v) is 11.3. The maximum Gasteiger partial charge on any atom is 0.371 e. The van der Waals surface area contributed by atoms with Gasteiger partial charge in [0.1, 0.15) is 5.22 Å². The van der Waals surface area contributed by atoms with Gasteiger partial charge in [-0.15, -0.1) is 0 Å². The van der Waals surface area contributed by atoms with Crippen LogP contribution in [0.5, 0.6) is 0 Å². The molecule has 1 unspecified atom stereocenters. The molecule has 1 rings (SSSR count). The van der Waals surface area contributed by atoms with E-state index in [-0.39, 0.29) is 5.22 Å². The molecule has 5 heteroatoms. The number of hydrogen-bond acceptors (Lipinski definition) is 4. The van der Waals surface area contributed by atoms with E-state index in [4.69, 9.17) is 19.3 Å². The monoisotopic (exact) mass is 333 g/mol. The van der Waals surface area contributed by atoms with Crippen LogP contribution in [0.2, 0.25) is 6.04 Å². The van der Waals surface area contributed by atoms with Crippen LogP contribution in [-0.4, -0.2) is 40.2 Å². The molecule has 0 radical (unpaired) electrons. The third-order valence-electron chi connectivity index (χ3n) is 4.34. The molecule has 1 aliphatic rings. The predicted molar refractivity (Wildman–Crippen MR) is 96.3 cm³/mol. The predicted octanol–water partition coefficient (Wildman–Crippen LogP) is 4.16. The lowest BCUT2D eigenvalue weighted by atomic mass is 10.1. The van der Waals surface area contributed by atoms with Gasteiger partial charge >= 0.3 is 8.56 Å². The first kappa shape index (κ1) is 22.1. The van der Waals surface area contributed by atoms with Crippen molar-refractivity contribution in [3.05, 3.63) is 0 Å². The van der Waals surface area contributed by atoms with Crippen LogP contribution >= 0.6 is 0 Å². The van der Waals surface area contributed by atoms with Gasteiger partial charge < -0.3 is 19.3 Å². The number of rotatable bonds is 9. The average Bonchev–Trinajstić information content (AvgIpc) is 2.52. The second-order valence-corrected chi connectivity index (χ2v) is 9.24. The van der Waals surface area contributed by atoms with Crippen LogP contribution in [0, 0.1) is 0 Å². The van der Waals surface area contributed by atoms with E-state index in [9.17, 15) is 0 Å². The highest BCUT2D eigenvalue weighted by atomic mass is 28.4. The van der Waals surface area contributed by atoms with Gasteiger partial charge in [0.2, 0.25) is 0 Å². The van der Waals surface area contributed by atoms with Crippen LogP contribution in [0.25, 0.3) is 0 Å². The topological polar surface area (TPSA) is 53.7 Å². The Hall–Kier alpha value is 0.0569. The lowest BCUT2D eigenvalue weighted by Crippen LogP contribution is -2.65. The summed E-state index contributed by atoms with van der Waals surface area (Å²) < 4.78 is 18.5. The van der Waals surface area contributed by atoms with E-state index in [0.29, 0.717) is 0 Å². The summed E-state index contributed by atoms with van der Waals surface area (Å²) in [7, 11) is -2.21. The van der Waals surface area contributed by atoms with Gasteiger partial charge in [0.15, 0.2) is 0 Å². The Morgan fingerprint density at radius 1 is 0.955 bits per heavy atom. The molecule has 0 bridgehead atoms.